The first-order chi connectivity index (χ1) is 14.0. The van der Waals surface area contributed by atoms with Crippen molar-refractivity contribution in [3.63, 3.8) is 0 Å². The maximum Gasteiger partial charge on any atom is 0.221 e. The number of carbonyl (C=O) groups is 1. The summed E-state index contributed by atoms with van der Waals surface area (Å²) in [5, 5.41) is 9.41. The fraction of sp³-hybridized carbons (Fsp3) is 0.636. The van der Waals surface area contributed by atoms with Gasteiger partial charge in [-0.25, -0.2) is 0 Å². The Morgan fingerprint density at radius 1 is 1.17 bits per heavy atom. The molecular weight excluding hydrogens is 495 g/mol. The third-order valence-corrected chi connectivity index (χ3v) is 4.43. The highest BCUT2D eigenvalue weighted by molar-refractivity contribution is 14.0. The lowest BCUT2D eigenvalue weighted by Gasteiger charge is -2.13. The number of nitrogens with one attached hydrogen (secondary N) is 3. The Balaban J connectivity index is 0.00000841. The van der Waals surface area contributed by atoms with E-state index in [2.05, 4.69) is 33.9 Å². The van der Waals surface area contributed by atoms with Gasteiger partial charge >= 0.3 is 0 Å². The molecule has 0 aliphatic rings. The Labute approximate surface area is 198 Å². The second-order valence-corrected chi connectivity index (χ2v) is 6.84. The second kappa shape index (κ2) is 17.0. The van der Waals surface area contributed by atoms with Gasteiger partial charge in [0, 0.05) is 32.1 Å². The van der Waals surface area contributed by atoms with Crippen LogP contribution in [-0.4, -0.2) is 51.3 Å². The third kappa shape index (κ3) is 11.5. The van der Waals surface area contributed by atoms with E-state index in [9.17, 15) is 4.79 Å². The highest BCUT2D eigenvalue weighted by Gasteiger charge is 2.07. The van der Waals surface area contributed by atoms with Crippen LogP contribution >= 0.6 is 24.0 Å². The Kier molecular flexibility index (Phi) is 16.0. The quantitative estimate of drug-likeness (QED) is 0.156. The first kappa shape index (κ1) is 28.3. The summed E-state index contributed by atoms with van der Waals surface area (Å²) in [6.45, 7) is 10.7. The number of guanidine groups is 1. The zero-order valence-electron chi connectivity index (χ0n) is 19.0. The van der Waals surface area contributed by atoms with E-state index in [0.29, 0.717) is 26.1 Å². The van der Waals surface area contributed by atoms with E-state index in [1.807, 2.05) is 32.9 Å². The molecule has 7 nitrogen and oxygen atoms in total. The van der Waals surface area contributed by atoms with Crippen molar-refractivity contribution < 1.29 is 14.3 Å². The Morgan fingerprint density at radius 3 is 2.57 bits per heavy atom. The number of methoxy groups -OCH3 is 1. The normalized spacial score (nSPS) is 11.8. The summed E-state index contributed by atoms with van der Waals surface area (Å²) in [5.74, 6) is 2.34. The van der Waals surface area contributed by atoms with Crippen LogP contribution in [0.25, 0.3) is 0 Å². The summed E-state index contributed by atoms with van der Waals surface area (Å²) in [7, 11) is 1.65. The van der Waals surface area contributed by atoms with Crippen LogP contribution in [0.2, 0.25) is 0 Å². The van der Waals surface area contributed by atoms with Crippen molar-refractivity contribution in [1.82, 2.24) is 16.0 Å². The van der Waals surface area contributed by atoms with Gasteiger partial charge in [-0.3, -0.25) is 9.79 Å². The van der Waals surface area contributed by atoms with Crippen molar-refractivity contribution in [2.24, 2.45) is 4.99 Å². The van der Waals surface area contributed by atoms with Gasteiger partial charge in [0.25, 0.3) is 0 Å². The Morgan fingerprint density at radius 2 is 1.93 bits per heavy atom. The van der Waals surface area contributed by atoms with E-state index in [1.54, 1.807) is 7.11 Å². The third-order valence-electron chi connectivity index (χ3n) is 4.43. The molecule has 0 heterocycles. The minimum absolute atomic E-state index is 0. The maximum absolute atomic E-state index is 11.9. The van der Waals surface area contributed by atoms with Crippen molar-refractivity contribution >= 4 is 35.8 Å². The molecule has 1 amide bonds. The average molecular weight is 534 g/mol. The van der Waals surface area contributed by atoms with Gasteiger partial charge < -0.3 is 25.4 Å². The molecule has 0 saturated carbocycles. The number of ether oxygens (including phenoxy) is 2. The molecule has 1 aromatic carbocycles. The molecule has 0 aliphatic heterocycles. The first-order valence-electron chi connectivity index (χ1n) is 10.6. The number of aryl methyl sites for hydroxylation is 1. The smallest absolute Gasteiger partial charge is 0.221 e. The van der Waals surface area contributed by atoms with E-state index >= 15 is 0 Å². The van der Waals surface area contributed by atoms with Crippen LogP contribution in [0.3, 0.4) is 0 Å². The number of nitrogens with zero attached hydrogens (tertiary/aromatic N) is 1. The fourth-order valence-corrected chi connectivity index (χ4v) is 2.70. The van der Waals surface area contributed by atoms with Crippen LogP contribution in [0.4, 0.5) is 0 Å². The molecule has 1 unspecified atom stereocenters. The van der Waals surface area contributed by atoms with Crippen LogP contribution < -0.4 is 25.4 Å². The van der Waals surface area contributed by atoms with E-state index < -0.39 is 0 Å². The van der Waals surface area contributed by atoms with Crippen LogP contribution in [0, 0.1) is 0 Å². The van der Waals surface area contributed by atoms with Gasteiger partial charge in [-0.05, 0) is 57.7 Å². The largest absolute Gasteiger partial charge is 0.493 e. The maximum atomic E-state index is 11.9. The molecule has 0 bridgehead atoms. The molecule has 0 saturated heterocycles. The lowest BCUT2D eigenvalue weighted by molar-refractivity contribution is -0.121. The molecular formula is C22H39IN4O3. The van der Waals surface area contributed by atoms with Crippen LogP contribution in [0.1, 0.15) is 52.5 Å². The molecule has 1 atom stereocenters. The summed E-state index contributed by atoms with van der Waals surface area (Å²) in [5.41, 5.74) is 1.20. The molecule has 0 spiro atoms. The predicted molar refractivity (Wildman–Crippen MR) is 134 cm³/mol. The zero-order chi connectivity index (χ0) is 21.5. The molecule has 1 rings (SSSR count). The SMILES string of the molecule is CCNC(=NCCCc1ccc(OC)c(OCC)c1)NCCC(=O)NC(C)CC.I. The van der Waals surface area contributed by atoms with Crippen molar-refractivity contribution in [3.8, 4) is 11.5 Å². The summed E-state index contributed by atoms with van der Waals surface area (Å²) >= 11 is 0. The topological polar surface area (TPSA) is 84.0 Å². The van der Waals surface area contributed by atoms with Crippen molar-refractivity contribution in [1.29, 1.82) is 0 Å². The number of hydrogen-bond acceptors (Lipinski definition) is 4. The lowest BCUT2D eigenvalue weighted by Crippen LogP contribution is -2.40. The lowest BCUT2D eigenvalue weighted by atomic mass is 10.1. The van der Waals surface area contributed by atoms with E-state index in [1.165, 1.54) is 5.56 Å². The minimum Gasteiger partial charge on any atom is -0.493 e. The van der Waals surface area contributed by atoms with Gasteiger partial charge in [0.2, 0.25) is 5.91 Å². The summed E-state index contributed by atoms with van der Waals surface area (Å²) in [4.78, 5) is 16.5. The number of benzene rings is 1. The Bertz CT molecular complexity index is 641. The molecule has 3 N–H and O–H groups in total. The van der Waals surface area contributed by atoms with E-state index in [4.69, 9.17) is 9.47 Å². The number of hydrogen-bond donors (Lipinski definition) is 3. The minimum atomic E-state index is 0. The van der Waals surface area contributed by atoms with Crippen LogP contribution in [0.5, 0.6) is 11.5 Å². The molecule has 1 aromatic rings. The van der Waals surface area contributed by atoms with Gasteiger partial charge in [-0.1, -0.05) is 13.0 Å². The molecule has 0 aromatic heterocycles. The first-order valence-corrected chi connectivity index (χ1v) is 10.6. The van der Waals surface area contributed by atoms with Gasteiger partial charge in [0.15, 0.2) is 17.5 Å². The highest BCUT2D eigenvalue weighted by atomic mass is 127. The highest BCUT2D eigenvalue weighted by Crippen LogP contribution is 2.28. The number of halogens is 1. The summed E-state index contributed by atoms with van der Waals surface area (Å²) in [6.07, 6.45) is 3.19. The number of rotatable bonds is 13. The number of carbonyl (C=O) groups excluding carboxylic acids is 1. The van der Waals surface area contributed by atoms with Gasteiger partial charge in [-0.2, -0.15) is 0 Å². The van der Waals surface area contributed by atoms with E-state index in [-0.39, 0.29) is 35.9 Å². The summed E-state index contributed by atoms with van der Waals surface area (Å²) in [6, 6.07) is 6.25. The Hall–Kier alpha value is -1.71. The molecule has 0 fully saturated rings. The van der Waals surface area contributed by atoms with Gasteiger partial charge in [0.1, 0.15) is 0 Å². The molecule has 0 radical (unpaired) electrons. The standard InChI is InChI=1S/C22H38N4O3.HI/c1-6-17(4)26-21(27)13-15-25-22(23-7-2)24-14-9-10-18-11-12-19(28-5)20(16-18)29-8-3;/h11-12,16-17H,6-10,13-15H2,1-5H3,(H,26,27)(H2,23,24,25);1H. The van der Waals surface area contributed by atoms with Crippen molar-refractivity contribution in [3.05, 3.63) is 23.8 Å². The zero-order valence-corrected chi connectivity index (χ0v) is 21.4. The van der Waals surface area contributed by atoms with E-state index in [0.717, 1.165) is 43.3 Å². The average Bonchev–Trinajstić information content (AvgIpc) is 2.71. The fourth-order valence-electron chi connectivity index (χ4n) is 2.70. The van der Waals surface area contributed by atoms with Gasteiger partial charge in [0.05, 0.1) is 13.7 Å². The number of aliphatic imine (C=N–C) groups is 1. The summed E-state index contributed by atoms with van der Waals surface area (Å²) < 4.78 is 11.0. The van der Waals surface area contributed by atoms with Crippen molar-refractivity contribution in [2.45, 2.75) is 59.4 Å². The van der Waals surface area contributed by atoms with Crippen molar-refractivity contribution in [2.75, 3.05) is 33.4 Å². The second-order valence-electron chi connectivity index (χ2n) is 6.84. The number of amides is 1. The van der Waals surface area contributed by atoms with Crippen LogP contribution in [0.15, 0.2) is 23.2 Å². The molecule has 172 valence electrons. The monoisotopic (exact) mass is 534 g/mol. The predicted octanol–water partition coefficient (Wildman–Crippen LogP) is 3.50. The molecule has 8 heteroatoms. The van der Waals surface area contributed by atoms with Crippen LogP contribution in [-0.2, 0) is 11.2 Å². The molecule has 0 aliphatic carbocycles. The molecule has 30 heavy (non-hydrogen) atoms. The van der Waals surface area contributed by atoms with Gasteiger partial charge in [-0.15, -0.1) is 24.0 Å².